The van der Waals surface area contributed by atoms with Crippen molar-refractivity contribution in [3.05, 3.63) is 34.9 Å². The summed E-state index contributed by atoms with van der Waals surface area (Å²) in [6, 6.07) is 4.57. The molecule has 1 aliphatic heterocycles. The van der Waals surface area contributed by atoms with Crippen LogP contribution in [-0.4, -0.2) is 33.4 Å². The topological polar surface area (TPSA) is 104 Å². The Balaban J connectivity index is 2.21. The number of carbonyl (C=O) groups is 2. The molecule has 6 heteroatoms. The third-order valence-corrected chi connectivity index (χ3v) is 2.80. The highest BCUT2D eigenvalue weighted by atomic mass is 16.5. The van der Waals surface area contributed by atoms with Gasteiger partial charge < -0.3 is 20.1 Å². The molecular weight excluding hydrogens is 240 g/mol. The zero-order chi connectivity index (χ0) is 13.3. The Hall–Kier alpha value is -1.92. The van der Waals surface area contributed by atoms with Crippen LogP contribution in [0.3, 0.4) is 0 Å². The first kappa shape index (κ1) is 12.5. The number of carboxylic acids is 1. The van der Waals surface area contributed by atoms with Gasteiger partial charge in [0, 0.05) is 5.56 Å². The predicted molar refractivity (Wildman–Crippen MR) is 58.8 cm³/mol. The highest BCUT2D eigenvalue weighted by molar-refractivity contribution is 5.93. The minimum Gasteiger partial charge on any atom is -0.481 e. The van der Waals surface area contributed by atoms with Gasteiger partial charge in [0.05, 0.1) is 18.1 Å². The number of rotatable bonds is 4. The molecule has 1 aliphatic rings. The van der Waals surface area contributed by atoms with Crippen molar-refractivity contribution in [2.45, 2.75) is 25.2 Å². The molecule has 0 amide bonds. The molecule has 2 atom stereocenters. The molecule has 2 rings (SSSR count). The lowest BCUT2D eigenvalue weighted by molar-refractivity contribution is -0.141. The normalized spacial score (nSPS) is 16.9. The monoisotopic (exact) mass is 252 g/mol. The molecule has 1 aromatic rings. The quantitative estimate of drug-likeness (QED) is 0.662. The van der Waals surface area contributed by atoms with Crippen molar-refractivity contribution in [3.8, 4) is 0 Å². The largest absolute Gasteiger partial charge is 0.481 e. The Kier molecular flexibility index (Phi) is 3.31. The van der Waals surface area contributed by atoms with Crippen molar-refractivity contribution in [2.75, 3.05) is 0 Å². The average Bonchev–Trinajstić information content (AvgIpc) is 2.69. The fourth-order valence-corrected chi connectivity index (χ4v) is 1.83. The molecule has 0 radical (unpaired) electrons. The summed E-state index contributed by atoms with van der Waals surface area (Å²) in [5.74, 6) is -1.69. The van der Waals surface area contributed by atoms with Gasteiger partial charge in [-0.15, -0.1) is 0 Å². The molecule has 1 aromatic carbocycles. The standard InChI is InChI=1S/C12H12O6/c13-9(4-10(14)15)11(16)6-1-2-7-5-18-12(17)8(7)3-6/h1-3,9,11,13,16H,4-5H2,(H,14,15). The average molecular weight is 252 g/mol. The molecule has 0 bridgehead atoms. The molecule has 2 unspecified atom stereocenters. The zero-order valence-electron chi connectivity index (χ0n) is 9.37. The number of aliphatic carboxylic acids is 1. The van der Waals surface area contributed by atoms with E-state index in [4.69, 9.17) is 9.84 Å². The Morgan fingerprint density at radius 1 is 1.39 bits per heavy atom. The molecule has 0 saturated carbocycles. The number of carboxylic acid groups (broad SMARTS) is 1. The summed E-state index contributed by atoms with van der Waals surface area (Å²) in [5, 5.41) is 27.8. The number of hydrogen-bond donors (Lipinski definition) is 3. The van der Waals surface area contributed by atoms with Gasteiger partial charge in [-0.05, 0) is 11.6 Å². The molecule has 6 nitrogen and oxygen atoms in total. The number of cyclic esters (lactones) is 1. The van der Waals surface area contributed by atoms with Gasteiger partial charge in [0.1, 0.15) is 12.7 Å². The lowest BCUT2D eigenvalue weighted by atomic mass is 9.98. The molecule has 96 valence electrons. The van der Waals surface area contributed by atoms with E-state index in [1.807, 2.05) is 0 Å². The van der Waals surface area contributed by atoms with E-state index in [9.17, 15) is 19.8 Å². The number of aliphatic hydroxyl groups is 2. The van der Waals surface area contributed by atoms with Crippen molar-refractivity contribution in [3.63, 3.8) is 0 Å². The van der Waals surface area contributed by atoms with Crippen LogP contribution in [0.1, 0.15) is 34.0 Å². The summed E-state index contributed by atoms with van der Waals surface area (Å²) in [7, 11) is 0. The van der Waals surface area contributed by atoms with Crippen LogP contribution in [0.2, 0.25) is 0 Å². The zero-order valence-corrected chi connectivity index (χ0v) is 9.37. The smallest absolute Gasteiger partial charge is 0.338 e. The number of benzene rings is 1. The fraction of sp³-hybridized carbons (Fsp3) is 0.333. The first-order valence-corrected chi connectivity index (χ1v) is 5.37. The van der Waals surface area contributed by atoms with E-state index < -0.39 is 30.6 Å². The van der Waals surface area contributed by atoms with Gasteiger partial charge in [-0.1, -0.05) is 12.1 Å². The maximum Gasteiger partial charge on any atom is 0.338 e. The van der Waals surface area contributed by atoms with E-state index in [1.54, 1.807) is 6.07 Å². The lowest BCUT2D eigenvalue weighted by Crippen LogP contribution is -2.22. The molecule has 1 heterocycles. The molecule has 3 N–H and O–H groups in total. The predicted octanol–water partition coefficient (Wildman–Crippen LogP) is 0.226. The second-order valence-corrected chi connectivity index (χ2v) is 4.10. The Bertz CT molecular complexity index is 495. The van der Waals surface area contributed by atoms with E-state index in [1.165, 1.54) is 12.1 Å². The van der Waals surface area contributed by atoms with Crippen molar-refractivity contribution >= 4 is 11.9 Å². The number of hydrogen-bond acceptors (Lipinski definition) is 5. The Morgan fingerprint density at radius 2 is 2.11 bits per heavy atom. The molecule has 18 heavy (non-hydrogen) atoms. The number of esters is 1. The highest BCUT2D eigenvalue weighted by Crippen LogP contribution is 2.26. The summed E-state index contributed by atoms with van der Waals surface area (Å²) in [6.07, 6.45) is -3.33. The van der Waals surface area contributed by atoms with Crippen molar-refractivity contribution in [1.82, 2.24) is 0 Å². The number of fused-ring (bicyclic) bond motifs is 1. The van der Waals surface area contributed by atoms with Crippen LogP contribution in [0.25, 0.3) is 0 Å². The SMILES string of the molecule is O=C(O)CC(O)C(O)c1ccc2c(c1)C(=O)OC2. The summed E-state index contributed by atoms with van der Waals surface area (Å²) < 4.78 is 4.81. The first-order valence-electron chi connectivity index (χ1n) is 5.37. The molecule has 0 aliphatic carbocycles. The van der Waals surface area contributed by atoms with Crippen LogP contribution in [0.5, 0.6) is 0 Å². The third-order valence-electron chi connectivity index (χ3n) is 2.80. The summed E-state index contributed by atoms with van der Waals surface area (Å²) in [4.78, 5) is 21.8. The van der Waals surface area contributed by atoms with E-state index in [0.29, 0.717) is 16.7 Å². The van der Waals surface area contributed by atoms with E-state index in [2.05, 4.69) is 0 Å². The van der Waals surface area contributed by atoms with Gasteiger partial charge in [0.15, 0.2) is 0 Å². The lowest BCUT2D eigenvalue weighted by Gasteiger charge is -2.16. The first-order chi connectivity index (χ1) is 8.49. The maximum absolute atomic E-state index is 11.3. The van der Waals surface area contributed by atoms with Gasteiger partial charge in [0.2, 0.25) is 0 Å². The van der Waals surface area contributed by atoms with Gasteiger partial charge in [-0.25, -0.2) is 4.79 Å². The van der Waals surface area contributed by atoms with Crippen LogP contribution in [0.4, 0.5) is 0 Å². The number of carbonyl (C=O) groups excluding carboxylic acids is 1. The van der Waals surface area contributed by atoms with Crippen LogP contribution in [-0.2, 0) is 16.1 Å². The molecule has 0 spiro atoms. The number of aliphatic hydroxyl groups excluding tert-OH is 2. The number of ether oxygens (including phenoxy) is 1. The van der Waals surface area contributed by atoms with E-state index >= 15 is 0 Å². The van der Waals surface area contributed by atoms with Crippen molar-refractivity contribution in [2.24, 2.45) is 0 Å². The fourth-order valence-electron chi connectivity index (χ4n) is 1.83. The summed E-state index contributed by atoms with van der Waals surface area (Å²) in [6.45, 7) is 0.197. The van der Waals surface area contributed by atoms with Gasteiger partial charge in [-0.3, -0.25) is 4.79 Å². The minimum absolute atomic E-state index is 0.197. The Morgan fingerprint density at radius 3 is 2.78 bits per heavy atom. The van der Waals surface area contributed by atoms with Crippen LogP contribution < -0.4 is 0 Å². The van der Waals surface area contributed by atoms with Gasteiger partial charge in [0.25, 0.3) is 0 Å². The van der Waals surface area contributed by atoms with Crippen LogP contribution in [0, 0.1) is 0 Å². The summed E-state index contributed by atoms with van der Waals surface area (Å²) >= 11 is 0. The Labute approximate surface area is 102 Å². The van der Waals surface area contributed by atoms with Crippen molar-refractivity contribution in [1.29, 1.82) is 0 Å². The van der Waals surface area contributed by atoms with E-state index in [-0.39, 0.29) is 6.61 Å². The van der Waals surface area contributed by atoms with Crippen LogP contribution in [0.15, 0.2) is 18.2 Å². The van der Waals surface area contributed by atoms with Crippen molar-refractivity contribution < 1.29 is 29.6 Å². The maximum atomic E-state index is 11.3. The molecule has 0 aromatic heterocycles. The summed E-state index contributed by atoms with van der Waals surface area (Å²) in [5.41, 5.74) is 1.35. The van der Waals surface area contributed by atoms with Gasteiger partial charge >= 0.3 is 11.9 Å². The molecule has 0 saturated heterocycles. The minimum atomic E-state index is -1.42. The van der Waals surface area contributed by atoms with Gasteiger partial charge in [-0.2, -0.15) is 0 Å². The van der Waals surface area contributed by atoms with E-state index in [0.717, 1.165) is 0 Å². The second kappa shape index (κ2) is 4.75. The molecular formula is C12H12O6. The third kappa shape index (κ3) is 2.34. The highest BCUT2D eigenvalue weighted by Gasteiger charge is 2.26. The molecule has 0 fully saturated rings. The van der Waals surface area contributed by atoms with Crippen LogP contribution >= 0.6 is 0 Å². The second-order valence-electron chi connectivity index (χ2n) is 4.10.